The molecule has 27 heavy (non-hydrogen) atoms. The van der Waals surface area contributed by atoms with Gasteiger partial charge in [0.15, 0.2) is 0 Å². The van der Waals surface area contributed by atoms with Crippen molar-refractivity contribution in [1.82, 2.24) is 0 Å². The number of anilines is 1. The van der Waals surface area contributed by atoms with E-state index in [4.69, 9.17) is 5.73 Å². The van der Waals surface area contributed by atoms with Gasteiger partial charge >= 0.3 is 0 Å². The number of carbonyl (C=O) groups is 1. The second-order valence-electron chi connectivity index (χ2n) is 6.88. The minimum atomic E-state index is -0.677. The molecule has 0 unspecified atom stereocenters. The van der Waals surface area contributed by atoms with Gasteiger partial charge in [0.2, 0.25) is 5.91 Å². The van der Waals surface area contributed by atoms with Crippen molar-refractivity contribution in [2.24, 2.45) is 5.73 Å². The van der Waals surface area contributed by atoms with Crippen molar-refractivity contribution in [2.75, 3.05) is 11.4 Å². The zero-order valence-electron chi connectivity index (χ0n) is 15.9. The fourth-order valence-electron chi connectivity index (χ4n) is 3.12. The monoisotopic (exact) mass is 358 g/mol. The Balaban J connectivity index is 1.88. The summed E-state index contributed by atoms with van der Waals surface area (Å²) in [6.07, 6.45) is 0.779. The second kappa shape index (κ2) is 8.65. The van der Waals surface area contributed by atoms with E-state index in [1.807, 2.05) is 59.5 Å². The molecule has 3 aromatic carbocycles. The standard InChI is InChI=1S/C24H26N2O/c1-18-13-14-22(17-19(18)2)26(16-15-20-9-5-3-6-10-20)24(27)23(25)21-11-7-4-8-12-21/h3-14,17,23H,15-16,25H2,1-2H3/t23-/m0/s1. The highest BCUT2D eigenvalue weighted by Crippen LogP contribution is 2.23. The molecule has 0 aliphatic heterocycles. The van der Waals surface area contributed by atoms with Crippen LogP contribution in [0.5, 0.6) is 0 Å². The Kier molecular flexibility index (Phi) is 6.05. The highest BCUT2D eigenvalue weighted by molar-refractivity contribution is 5.97. The lowest BCUT2D eigenvalue weighted by Crippen LogP contribution is -2.40. The molecule has 0 aromatic heterocycles. The van der Waals surface area contributed by atoms with Crippen molar-refractivity contribution < 1.29 is 4.79 Å². The molecule has 2 N–H and O–H groups in total. The van der Waals surface area contributed by atoms with Crippen molar-refractivity contribution in [3.63, 3.8) is 0 Å². The normalized spacial score (nSPS) is 11.8. The number of nitrogens with zero attached hydrogens (tertiary/aromatic N) is 1. The quantitative estimate of drug-likeness (QED) is 0.701. The molecule has 0 heterocycles. The molecule has 0 spiro atoms. The van der Waals surface area contributed by atoms with Gasteiger partial charge in [0, 0.05) is 12.2 Å². The lowest BCUT2D eigenvalue weighted by atomic mass is 10.0. The summed E-state index contributed by atoms with van der Waals surface area (Å²) in [4.78, 5) is 15.1. The maximum atomic E-state index is 13.3. The van der Waals surface area contributed by atoms with Crippen LogP contribution in [0.25, 0.3) is 0 Å². The molecule has 0 aliphatic carbocycles. The summed E-state index contributed by atoms with van der Waals surface area (Å²) in [5, 5.41) is 0. The number of rotatable bonds is 6. The number of benzene rings is 3. The van der Waals surface area contributed by atoms with Gasteiger partial charge in [-0.05, 0) is 54.7 Å². The minimum Gasteiger partial charge on any atom is -0.316 e. The van der Waals surface area contributed by atoms with Crippen molar-refractivity contribution in [1.29, 1.82) is 0 Å². The maximum absolute atomic E-state index is 13.3. The van der Waals surface area contributed by atoms with Crippen molar-refractivity contribution in [2.45, 2.75) is 26.3 Å². The van der Waals surface area contributed by atoms with Crippen LogP contribution in [0, 0.1) is 13.8 Å². The minimum absolute atomic E-state index is 0.0830. The molecule has 0 aliphatic rings. The predicted molar refractivity (Wildman–Crippen MR) is 112 cm³/mol. The largest absolute Gasteiger partial charge is 0.316 e. The zero-order valence-corrected chi connectivity index (χ0v) is 15.9. The van der Waals surface area contributed by atoms with Crippen LogP contribution in [-0.2, 0) is 11.2 Å². The lowest BCUT2D eigenvalue weighted by Gasteiger charge is -2.27. The number of hydrogen-bond acceptors (Lipinski definition) is 2. The molecule has 1 atom stereocenters. The predicted octanol–water partition coefficient (Wildman–Crippen LogP) is 4.58. The zero-order chi connectivity index (χ0) is 19.2. The van der Waals surface area contributed by atoms with Gasteiger partial charge in [0.25, 0.3) is 0 Å². The molecule has 0 saturated carbocycles. The summed E-state index contributed by atoms with van der Waals surface area (Å²) in [5.41, 5.74) is 11.6. The molecule has 3 nitrogen and oxygen atoms in total. The van der Waals surface area contributed by atoms with Crippen LogP contribution >= 0.6 is 0 Å². The SMILES string of the molecule is Cc1ccc(N(CCc2ccccc2)C(=O)[C@@H](N)c2ccccc2)cc1C. The van der Waals surface area contributed by atoms with E-state index in [-0.39, 0.29) is 5.91 Å². The second-order valence-corrected chi connectivity index (χ2v) is 6.88. The van der Waals surface area contributed by atoms with Gasteiger partial charge in [0.05, 0.1) is 0 Å². The van der Waals surface area contributed by atoms with E-state index in [0.717, 1.165) is 17.7 Å². The Morgan fingerprint density at radius 1 is 0.889 bits per heavy atom. The number of amides is 1. The third kappa shape index (κ3) is 4.63. The molecule has 0 bridgehead atoms. The molecule has 3 aromatic rings. The summed E-state index contributed by atoms with van der Waals surface area (Å²) in [7, 11) is 0. The summed E-state index contributed by atoms with van der Waals surface area (Å²) in [6.45, 7) is 4.73. The van der Waals surface area contributed by atoms with E-state index in [1.165, 1.54) is 16.7 Å². The molecule has 3 rings (SSSR count). The average molecular weight is 358 g/mol. The van der Waals surface area contributed by atoms with E-state index in [9.17, 15) is 4.79 Å². The van der Waals surface area contributed by atoms with Gasteiger partial charge in [-0.3, -0.25) is 4.79 Å². The highest BCUT2D eigenvalue weighted by Gasteiger charge is 2.24. The molecule has 0 radical (unpaired) electrons. The Morgan fingerprint density at radius 2 is 1.52 bits per heavy atom. The van der Waals surface area contributed by atoms with Gasteiger partial charge in [-0.1, -0.05) is 66.7 Å². The molecular weight excluding hydrogens is 332 g/mol. The van der Waals surface area contributed by atoms with Crippen LogP contribution in [0.2, 0.25) is 0 Å². The van der Waals surface area contributed by atoms with E-state index in [1.54, 1.807) is 0 Å². The summed E-state index contributed by atoms with van der Waals surface area (Å²) >= 11 is 0. The smallest absolute Gasteiger partial charge is 0.248 e. The van der Waals surface area contributed by atoms with Gasteiger partial charge in [-0.25, -0.2) is 0 Å². The van der Waals surface area contributed by atoms with Crippen LogP contribution in [0.3, 0.4) is 0 Å². The van der Waals surface area contributed by atoms with Crippen LogP contribution in [0.1, 0.15) is 28.3 Å². The van der Waals surface area contributed by atoms with Gasteiger partial charge in [0.1, 0.15) is 6.04 Å². The lowest BCUT2D eigenvalue weighted by molar-refractivity contribution is -0.120. The first kappa shape index (κ1) is 18.9. The molecule has 3 heteroatoms. The van der Waals surface area contributed by atoms with Crippen LogP contribution in [0.15, 0.2) is 78.9 Å². The van der Waals surface area contributed by atoms with E-state index in [2.05, 4.69) is 38.1 Å². The molecule has 0 saturated heterocycles. The highest BCUT2D eigenvalue weighted by atomic mass is 16.2. The van der Waals surface area contributed by atoms with E-state index < -0.39 is 6.04 Å². The van der Waals surface area contributed by atoms with Crippen LogP contribution in [-0.4, -0.2) is 12.5 Å². The Bertz CT molecular complexity index is 891. The fourth-order valence-corrected chi connectivity index (χ4v) is 3.12. The fraction of sp³-hybridized carbons (Fsp3) is 0.208. The summed E-state index contributed by atoms with van der Waals surface area (Å²) in [5.74, 6) is -0.0830. The number of aryl methyl sites for hydroxylation is 2. The molecule has 138 valence electrons. The van der Waals surface area contributed by atoms with Crippen molar-refractivity contribution in [3.05, 3.63) is 101 Å². The van der Waals surface area contributed by atoms with Crippen LogP contribution in [0.4, 0.5) is 5.69 Å². The molecule has 1 amide bonds. The topological polar surface area (TPSA) is 46.3 Å². The van der Waals surface area contributed by atoms with Gasteiger partial charge in [-0.15, -0.1) is 0 Å². The van der Waals surface area contributed by atoms with Crippen molar-refractivity contribution >= 4 is 11.6 Å². The Labute approximate surface area is 161 Å². The third-order valence-corrected chi connectivity index (χ3v) is 4.96. The summed E-state index contributed by atoms with van der Waals surface area (Å²) in [6, 6.07) is 25.2. The average Bonchev–Trinajstić information content (AvgIpc) is 2.71. The molecule has 0 fully saturated rings. The van der Waals surface area contributed by atoms with Crippen LogP contribution < -0.4 is 10.6 Å². The van der Waals surface area contributed by atoms with E-state index in [0.29, 0.717) is 6.54 Å². The first-order valence-electron chi connectivity index (χ1n) is 9.29. The maximum Gasteiger partial charge on any atom is 0.248 e. The number of nitrogens with two attached hydrogens (primary N) is 1. The van der Waals surface area contributed by atoms with Gasteiger partial charge < -0.3 is 10.6 Å². The third-order valence-electron chi connectivity index (χ3n) is 4.96. The number of carbonyl (C=O) groups excluding carboxylic acids is 1. The van der Waals surface area contributed by atoms with E-state index >= 15 is 0 Å². The summed E-state index contributed by atoms with van der Waals surface area (Å²) < 4.78 is 0. The Morgan fingerprint density at radius 3 is 2.15 bits per heavy atom. The molecular formula is C24H26N2O. The first-order chi connectivity index (χ1) is 13.1. The van der Waals surface area contributed by atoms with Crippen molar-refractivity contribution in [3.8, 4) is 0 Å². The van der Waals surface area contributed by atoms with Gasteiger partial charge in [-0.2, -0.15) is 0 Å². The number of hydrogen-bond donors (Lipinski definition) is 1. The Hall–Kier alpha value is -2.91. The first-order valence-corrected chi connectivity index (χ1v) is 9.29.